The quantitative estimate of drug-likeness (QED) is 0.756. The van der Waals surface area contributed by atoms with E-state index in [1.165, 1.54) is 17.5 Å². The van der Waals surface area contributed by atoms with Crippen molar-refractivity contribution < 1.29 is 5.11 Å². The minimum atomic E-state index is 0.00419. The van der Waals surface area contributed by atoms with Crippen LogP contribution in [0.5, 0.6) is 5.75 Å². The molecular weight excluding hydrogens is 252 g/mol. The summed E-state index contributed by atoms with van der Waals surface area (Å²) in [5.41, 5.74) is 3.77. The molecule has 0 saturated carbocycles. The summed E-state index contributed by atoms with van der Waals surface area (Å²) in [6.07, 6.45) is 3.45. The molecule has 0 amide bonds. The van der Waals surface area contributed by atoms with Gasteiger partial charge in [0.1, 0.15) is 5.75 Å². The molecule has 15 heavy (non-hydrogen) atoms. The van der Waals surface area contributed by atoms with Gasteiger partial charge in [-0.25, -0.2) is 0 Å². The average Bonchev–Trinajstić information content (AvgIpc) is 2.57. The van der Waals surface area contributed by atoms with Crippen LogP contribution in [0, 0.1) is 0 Å². The highest BCUT2D eigenvalue weighted by molar-refractivity contribution is 9.10. The van der Waals surface area contributed by atoms with E-state index in [2.05, 4.69) is 42.8 Å². The molecule has 1 aromatic rings. The first kappa shape index (κ1) is 11.0. The zero-order valence-electron chi connectivity index (χ0n) is 9.52. The van der Waals surface area contributed by atoms with Crippen LogP contribution in [0.25, 0.3) is 0 Å². The van der Waals surface area contributed by atoms with Gasteiger partial charge in [-0.2, -0.15) is 0 Å². The van der Waals surface area contributed by atoms with Gasteiger partial charge < -0.3 is 5.11 Å². The largest absolute Gasteiger partial charge is 0.506 e. The van der Waals surface area contributed by atoms with Crippen molar-refractivity contribution in [3.8, 4) is 5.75 Å². The van der Waals surface area contributed by atoms with Gasteiger partial charge in [-0.1, -0.05) is 26.8 Å². The summed E-state index contributed by atoms with van der Waals surface area (Å²) in [6, 6.07) is 2.18. The molecule has 0 spiro atoms. The van der Waals surface area contributed by atoms with E-state index in [-0.39, 0.29) is 5.41 Å². The summed E-state index contributed by atoms with van der Waals surface area (Å²) >= 11 is 3.52. The third-order valence-electron chi connectivity index (χ3n) is 3.12. The summed E-state index contributed by atoms with van der Waals surface area (Å²) in [4.78, 5) is 0. The van der Waals surface area contributed by atoms with Crippen LogP contribution < -0.4 is 0 Å². The van der Waals surface area contributed by atoms with Crippen LogP contribution in [0.15, 0.2) is 10.5 Å². The van der Waals surface area contributed by atoms with Crippen molar-refractivity contribution in [1.82, 2.24) is 0 Å². The Labute approximate surface area is 99.6 Å². The molecule has 0 saturated heterocycles. The van der Waals surface area contributed by atoms with E-state index in [0.29, 0.717) is 5.75 Å². The number of rotatable bonds is 0. The zero-order chi connectivity index (χ0) is 11.2. The molecule has 0 aromatic heterocycles. The molecule has 0 fully saturated rings. The van der Waals surface area contributed by atoms with E-state index in [0.717, 1.165) is 22.9 Å². The number of benzene rings is 1. The molecule has 1 N–H and O–H groups in total. The van der Waals surface area contributed by atoms with Crippen molar-refractivity contribution in [2.24, 2.45) is 0 Å². The molecule has 2 rings (SSSR count). The highest BCUT2D eigenvalue weighted by Gasteiger charge is 2.25. The first-order chi connectivity index (χ1) is 6.91. The summed E-state index contributed by atoms with van der Waals surface area (Å²) in [7, 11) is 0. The lowest BCUT2D eigenvalue weighted by molar-refractivity contribution is 0.442. The first-order valence-corrected chi connectivity index (χ1v) is 6.24. The fraction of sp³-hybridized carbons (Fsp3) is 0.538. The Morgan fingerprint density at radius 3 is 2.53 bits per heavy atom. The number of aryl methyl sites for hydroxylation is 1. The number of hydrogen-bond donors (Lipinski definition) is 1. The van der Waals surface area contributed by atoms with Gasteiger partial charge in [0.15, 0.2) is 0 Å². The Kier molecular flexibility index (Phi) is 2.58. The van der Waals surface area contributed by atoms with Gasteiger partial charge in [0.05, 0.1) is 4.47 Å². The van der Waals surface area contributed by atoms with E-state index in [1.54, 1.807) is 0 Å². The van der Waals surface area contributed by atoms with Crippen LogP contribution in [0.4, 0.5) is 0 Å². The van der Waals surface area contributed by atoms with Crippen LogP contribution in [-0.4, -0.2) is 5.11 Å². The number of aromatic hydroxyl groups is 1. The number of phenols is 1. The van der Waals surface area contributed by atoms with Crippen LogP contribution in [0.1, 0.15) is 43.9 Å². The second-order valence-electron chi connectivity index (χ2n) is 5.33. The van der Waals surface area contributed by atoms with Crippen molar-refractivity contribution >= 4 is 15.9 Å². The van der Waals surface area contributed by atoms with Crippen molar-refractivity contribution in [3.05, 3.63) is 27.2 Å². The van der Waals surface area contributed by atoms with Gasteiger partial charge in [0.25, 0.3) is 0 Å². The van der Waals surface area contributed by atoms with Gasteiger partial charge >= 0.3 is 0 Å². The van der Waals surface area contributed by atoms with Crippen LogP contribution in [-0.2, 0) is 18.3 Å². The van der Waals surface area contributed by atoms with Crippen molar-refractivity contribution in [2.45, 2.75) is 45.4 Å². The molecule has 82 valence electrons. The zero-order valence-corrected chi connectivity index (χ0v) is 11.1. The minimum Gasteiger partial charge on any atom is -0.506 e. The summed E-state index contributed by atoms with van der Waals surface area (Å²) in [5, 5.41) is 10.2. The van der Waals surface area contributed by atoms with Gasteiger partial charge in [-0.15, -0.1) is 0 Å². The Balaban J connectivity index is 2.64. The first-order valence-electron chi connectivity index (χ1n) is 5.45. The second-order valence-corrected chi connectivity index (χ2v) is 6.12. The van der Waals surface area contributed by atoms with Crippen LogP contribution in [0.2, 0.25) is 0 Å². The molecule has 1 aliphatic rings. The number of phenolic OH excluding ortho intramolecular Hbond substituents is 1. The van der Waals surface area contributed by atoms with Crippen molar-refractivity contribution in [3.63, 3.8) is 0 Å². The van der Waals surface area contributed by atoms with Gasteiger partial charge in [0, 0.05) is 5.56 Å². The Bertz CT molecular complexity index is 402. The maximum absolute atomic E-state index is 10.2. The molecule has 0 unspecified atom stereocenters. The smallest absolute Gasteiger partial charge is 0.133 e. The van der Waals surface area contributed by atoms with Gasteiger partial charge in [0.2, 0.25) is 0 Å². The molecule has 0 heterocycles. The lowest BCUT2D eigenvalue weighted by atomic mass is 9.84. The van der Waals surface area contributed by atoms with E-state index in [4.69, 9.17) is 0 Å². The fourth-order valence-electron chi connectivity index (χ4n) is 2.25. The summed E-state index contributed by atoms with van der Waals surface area (Å²) in [5.74, 6) is 0.433. The topological polar surface area (TPSA) is 20.2 Å². The molecular formula is C13H17BrO. The van der Waals surface area contributed by atoms with E-state index < -0.39 is 0 Å². The average molecular weight is 269 g/mol. The third kappa shape index (κ3) is 1.80. The minimum absolute atomic E-state index is 0.00419. The molecule has 0 bridgehead atoms. The maximum atomic E-state index is 10.2. The van der Waals surface area contributed by atoms with Crippen molar-refractivity contribution in [1.29, 1.82) is 0 Å². The summed E-state index contributed by atoms with van der Waals surface area (Å²) < 4.78 is 0.919. The molecule has 1 nitrogen and oxygen atoms in total. The summed E-state index contributed by atoms with van der Waals surface area (Å²) in [6.45, 7) is 6.40. The molecule has 0 aliphatic heterocycles. The van der Waals surface area contributed by atoms with Crippen LogP contribution in [0.3, 0.4) is 0 Å². The highest BCUT2D eigenvalue weighted by Crippen LogP contribution is 2.42. The normalized spacial score (nSPS) is 15.5. The van der Waals surface area contributed by atoms with E-state index >= 15 is 0 Å². The molecule has 1 aliphatic carbocycles. The van der Waals surface area contributed by atoms with Gasteiger partial charge in [-0.05, 0) is 51.7 Å². The van der Waals surface area contributed by atoms with E-state index in [9.17, 15) is 5.11 Å². The predicted molar refractivity (Wildman–Crippen MR) is 66.5 cm³/mol. The Morgan fingerprint density at radius 1 is 1.27 bits per heavy atom. The second kappa shape index (κ2) is 3.51. The fourth-order valence-corrected chi connectivity index (χ4v) is 2.92. The molecule has 1 aromatic carbocycles. The van der Waals surface area contributed by atoms with Gasteiger partial charge in [-0.3, -0.25) is 0 Å². The monoisotopic (exact) mass is 268 g/mol. The highest BCUT2D eigenvalue weighted by atomic mass is 79.9. The molecule has 0 atom stereocenters. The van der Waals surface area contributed by atoms with E-state index in [1.807, 2.05) is 0 Å². The maximum Gasteiger partial charge on any atom is 0.133 e. The standard InChI is InChI=1S/C13H17BrO/c1-13(2,3)10-7-8-5-4-6-9(8)11(14)12(10)15/h7,15H,4-6H2,1-3H3. The lowest BCUT2D eigenvalue weighted by Gasteiger charge is -2.22. The van der Waals surface area contributed by atoms with Crippen LogP contribution >= 0.6 is 15.9 Å². The van der Waals surface area contributed by atoms with Crippen molar-refractivity contribution in [2.75, 3.05) is 0 Å². The number of halogens is 1. The SMILES string of the molecule is CC(C)(C)c1cc2c(c(Br)c1O)CCC2. The lowest BCUT2D eigenvalue weighted by Crippen LogP contribution is -2.12. The third-order valence-corrected chi connectivity index (χ3v) is 3.97. The number of fused-ring (bicyclic) bond motifs is 1. The predicted octanol–water partition coefficient (Wildman–Crippen LogP) is 3.94. The Hall–Kier alpha value is -0.500. The molecule has 0 radical (unpaired) electrons. The number of hydrogen-bond acceptors (Lipinski definition) is 1. The molecule has 2 heteroatoms. The Morgan fingerprint density at radius 2 is 1.93 bits per heavy atom.